The number of nitrogens with two attached hydrogens (primary N) is 1. The Hall–Kier alpha value is -5.11. The van der Waals surface area contributed by atoms with Crippen LogP contribution in [0.2, 0.25) is 0 Å². The van der Waals surface area contributed by atoms with Gasteiger partial charge in [0, 0.05) is 31.1 Å². The van der Waals surface area contributed by atoms with Crippen LogP contribution in [0.25, 0.3) is 0 Å². The number of rotatable bonds is 12. The van der Waals surface area contributed by atoms with E-state index in [1.807, 2.05) is 26.1 Å². The number of hydrogen-bond acceptors (Lipinski definition) is 9. The standard InChI is InChI=1S/C37H43N5O7S/c1-24-20-42(25(2)23-43)37(45)30-8-7-11-33(40-50(46,47)29-18-16-28(48-4)17-19-29)35(30)49-34(24)22-41(3)21-26-12-14-27(15-13-26)36(44)39-32-10-6-5-9-31(32)38/h5-19,24-25,34,40,43H,20-23,38H2,1-4H3,(H,39,44)/t24-,25-,34+/m1/s1. The molecule has 2 amide bonds. The summed E-state index contributed by atoms with van der Waals surface area (Å²) < 4.78 is 41.3. The smallest absolute Gasteiger partial charge is 0.262 e. The maximum atomic E-state index is 13.9. The van der Waals surface area contributed by atoms with Gasteiger partial charge in [0.15, 0.2) is 5.75 Å². The van der Waals surface area contributed by atoms with E-state index in [1.165, 1.54) is 19.2 Å². The summed E-state index contributed by atoms with van der Waals surface area (Å²) in [5.74, 6) is -0.218. The molecular formula is C37H43N5O7S. The first-order valence-electron chi connectivity index (χ1n) is 16.2. The molecule has 0 spiro atoms. The van der Waals surface area contributed by atoms with Gasteiger partial charge in [-0.1, -0.05) is 37.3 Å². The van der Waals surface area contributed by atoms with Gasteiger partial charge < -0.3 is 30.5 Å². The van der Waals surface area contributed by atoms with Gasteiger partial charge in [-0.25, -0.2) is 8.42 Å². The van der Waals surface area contributed by atoms with Crippen molar-refractivity contribution in [2.75, 3.05) is 49.6 Å². The summed E-state index contributed by atoms with van der Waals surface area (Å²) in [4.78, 5) is 30.4. The number of nitrogens with zero attached hydrogens (tertiary/aromatic N) is 2. The molecule has 0 bridgehead atoms. The van der Waals surface area contributed by atoms with Gasteiger partial charge >= 0.3 is 0 Å². The molecule has 0 radical (unpaired) electrons. The second-order valence-corrected chi connectivity index (χ2v) is 14.2. The molecule has 4 aromatic carbocycles. The summed E-state index contributed by atoms with van der Waals surface area (Å²) in [7, 11) is -0.634. The highest BCUT2D eigenvalue weighted by molar-refractivity contribution is 7.92. The number of ether oxygens (including phenoxy) is 2. The van der Waals surface area contributed by atoms with E-state index in [1.54, 1.807) is 78.6 Å². The van der Waals surface area contributed by atoms with Gasteiger partial charge in [-0.2, -0.15) is 0 Å². The largest absolute Gasteiger partial charge is 0.497 e. The van der Waals surface area contributed by atoms with Crippen LogP contribution in [-0.2, 0) is 16.6 Å². The zero-order chi connectivity index (χ0) is 36.0. The Morgan fingerprint density at radius 3 is 2.38 bits per heavy atom. The Morgan fingerprint density at radius 1 is 1.04 bits per heavy atom. The molecule has 12 nitrogen and oxygen atoms in total. The second-order valence-electron chi connectivity index (χ2n) is 12.5. The normalized spacial score (nSPS) is 16.8. The lowest BCUT2D eigenvalue weighted by atomic mass is 9.99. The summed E-state index contributed by atoms with van der Waals surface area (Å²) in [5.41, 5.74) is 8.74. The number of fused-ring (bicyclic) bond motifs is 1. The number of aliphatic hydroxyl groups is 1. The molecule has 0 aromatic heterocycles. The average molecular weight is 702 g/mol. The number of nitrogen functional groups attached to an aromatic ring is 1. The van der Waals surface area contributed by atoms with E-state index in [0.29, 0.717) is 42.3 Å². The monoisotopic (exact) mass is 701 g/mol. The number of likely N-dealkylation sites (N-methyl/N-ethyl adjacent to an activating group) is 1. The van der Waals surface area contributed by atoms with Crippen molar-refractivity contribution in [1.29, 1.82) is 0 Å². The minimum Gasteiger partial charge on any atom is -0.497 e. The molecule has 1 aliphatic rings. The number of aliphatic hydroxyl groups excluding tert-OH is 1. The van der Waals surface area contributed by atoms with E-state index >= 15 is 0 Å². The first-order valence-corrected chi connectivity index (χ1v) is 17.7. The van der Waals surface area contributed by atoms with E-state index in [4.69, 9.17) is 15.2 Å². The van der Waals surface area contributed by atoms with Crippen molar-refractivity contribution in [3.05, 3.63) is 108 Å². The van der Waals surface area contributed by atoms with E-state index < -0.39 is 22.2 Å². The quantitative estimate of drug-likeness (QED) is 0.154. The number of sulfonamides is 1. The van der Waals surface area contributed by atoms with Crippen LogP contribution in [-0.4, -0.2) is 81.1 Å². The number of carbonyl (C=O) groups excluding carboxylic acids is 2. The van der Waals surface area contributed by atoms with Gasteiger partial charge in [-0.05, 0) is 80.2 Å². The molecule has 13 heteroatoms. The highest BCUT2D eigenvalue weighted by Gasteiger charge is 2.35. The predicted molar refractivity (Wildman–Crippen MR) is 193 cm³/mol. The Bertz CT molecular complexity index is 1920. The molecule has 4 aromatic rings. The molecule has 0 aliphatic carbocycles. The van der Waals surface area contributed by atoms with Crippen molar-refractivity contribution in [2.24, 2.45) is 5.92 Å². The minimum absolute atomic E-state index is 0.0148. The van der Waals surface area contributed by atoms with Crippen molar-refractivity contribution in [3.63, 3.8) is 0 Å². The molecular weight excluding hydrogens is 659 g/mol. The molecule has 3 atom stereocenters. The summed E-state index contributed by atoms with van der Waals surface area (Å²) in [6.07, 6.45) is -0.478. The lowest BCUT2D eigenvalue weighted by molar-refractivity contribution is 0.0344. The molecule has 5 N–H and O–H groups in total. The maximum Gasteiger partial charge on any atom is 0.262 e. The summed E-state index contributed by atoms with van der Waals surface area (Å²) in [6, 6.07) is 24.6. The SMILES string of the molecule is COc1ccc(S(=O)(=O)Nc2cccc3c2O[C@@H](CN(C)Cc2ccc(C(=O)Nc4ccccc4N)cc2)[C@H](C)CN([C@H](C)CO)C3=O)cc1. The molecule has 0 saturated heterocycles. The van der Waals surface area contributed by atoms with Crippen molar-refractivity contribution in [2.45, 2.75) is 37.4 Å². The fourth-order valence-corrected chi connectivity index (χ4v) is 6.81. The highest BCUT2D eigenvalue weighted by atomic mass is 32.2. The number of carbonyl (C=O) groups is 2. The van der Waals surface area contributed by atoms with Crippen molar-refractivity contribution >= 4 is 38.9 Å². The zero-order valence-corrected chi connectivity index (χ0v) is 29.3. The zero-order valence-electron chi connectivity index (χ0n) is 28.5. The van der Waals surface area contributed by atoms with Gasteiger partial charge in [0.25, 0.3) is 21.8 Å². The van der Waals surface area contributed by atoms with E-state index in [2.05, 4.69) is 14.9 Å². The van der Waals surface area contributed by atoms with Crippen molar-refractivity contribution in [1.82, 2.24) is 9.80 Å². The van der Waals surface area contributed by atoms with E-state index in [0.717, 1.165) is 5.56 Å². The van der Waals surface area contributed by atoms with Crippen LogP contribution in [0.15, 0.2) is 95.9 Å². The Balaban J connectivity index is 1.37. The lowest BCUT2D eigenvalue weighted by Gasteiger charge is -2.38. The number of hydrogen-bond donors (Lipinski definition) is 4. The van der Waals surface area contributed by atoms with Crippen LogP contribution in [0.3, 0.4) is 0 Å². The van der Waals surface area contributed by atoms with E-state index in [-0.39, 0.29) is 46.2 Å². The van der Waals surface area contributed by atoms with E-state index in [9.17, 15) is 23.1 Å². The topological polar surface area (TPSA) is 164 Å². The first kappa shape index (κ1) is 36.2. The third-order valence-electron chi connectivity index (χ3n) is 8.67. The number of methoxy groups -OCH3 is 1. The molecule has 5 rings (SSSR count). The van der Waals surface area contributed by atoms with Crippen molar-refractivity contribution in [3.8, 4) is 11.5 Å². The van der Waals surface area contributed by atoms with Gasteiger partial charge in [-0.3, -0.25) is 19.2 Å². The summed E-state index contributed by atoms with van der Waals surface area (Å²) in [5, 5.41) is 12.9. The molecule has 1 aliphatic heterocycles. The van der Waals surface area contributed by atoms with Gasteiger partial charge in [0.2, 0.25) is 0 Å². The number of para-hydroxylation sites is 3. The van der Waals surface area contributed by atoms with Crippen LogP contribution in [0.1, 0.15) is 40.1 Å². The molecule has 264 valence electrons. The molecule has 1 heterocycles. The minimum atomic E-state index is -4.06. The Morgan fingerprint density at radius 2 is 1.72 bits per heavy atom. The predicted octanol–water partition coefficient (Wildman–Crippen LogP) is 4.68. The van der Waals surface area contributed by atoms with Crippen LogP contribution in [0.5, 0.6) is 11.5 Å². The Labute approximate surface area is 292 Å². The number of amides is 2. The van der Waals surface area contributed by atoms with Gasteiger partial charge in [0.05, 0.1) is 47.3 Å². The lowest BCUT2D eigenvalue weighted by Crippen LogP contribution is -2.49. The fraction of sp³-hybridized carbons (Fsp3) is 0.297. The fourth-order valence-electron chi connectivity index (χ4n) is 5.75. The van der Waals surface area contributed by atoms with Crippen LogP contribution in [0, 0.1) is 5.92 Å². The maximum absolute atomic E-state index is 13.9. The van der Waals surface area contributed by atoms with Crippen LogP contribution < -0.4 is 25.2 Å². The van der Waals surface area contributed by atoms with Crippen molar-refractivity contribution < 1.29 is 32.6 Å². The van der Waals surface area contributed by atoms with Gasteiger partial charge in [-0.15, -0.1) is 0 Å². The average Bonchev–Trinajstić information content (AvgIpc) is 3.10. The summed E-state index contributed by atoms with van der Waals surface area (Å²) >= 11 is 0. The third-order valence-corrected chi connectivity index (χ3v) is 10.1. The second kappa shape index (κ2) is 15.6. The van der Waals surface area contributed by atoms with Crippen LogP contribution in [0.4, 0.5) is 17.1 Å². The number of benzene rings is 4. The van der Waals surface area contributed by atoms with Gasteiger partial charge in [0.1, 0.15) is 11.9 Å². The molecule has 0 unspecified atom stereocenters. The number of nitrogens with one attached hydrogen (secondary N) is 2. The Kier molecular flexibility index (Phi) is 11.3. The van der Waals surface area contributed by atoms with Crippen LogP contribution >= 0.6 is 0 Å². The molecule has 0 saturated carbocycles. The third kappa shape index (κ3) is 8.36. The number of anilines is 3. The molecule has 0 fully saturated rings. The highest BCUT2D eigenvalue weighted by Crippen LogP contribution is 2.36. The molecule has 50 heavy (non-hydrogen) atoms. The summed E-state index contributed by atoms with van der Waals surface area (Å²) in [6.45, 7) is 4.75. The first-order chi connectivity index (χ1) is 23.9.